The lowest BCUT2D eigenvalue weighted by atomic mass is 10.2. The van der Waals surface area contributed by atoms with E-state index in [1.165, 1.54) is 6.20 Å². The van der Waals surface area contributed by atoms with Crippen LogP contribution in [-0.4, -0.2) is 15.2 Å². The summed E-state index contributed by atoms with van der Waals surface area (Å²) in [5, 5.41) is 19.2. The van der Waals surface area contributed by atoms with Crippen molar-refractivity contribution in [3.63, 3.8) is 0 Å². The van der Waals surface area contributed by atoms with Gasteiger partial charge in [-0.1, -0.05) is 11.6 Å². The van der Waals surface area contributed by atoms with Crippen LogP contribution in [0.4, 0.5) is 10.2 Å². The Bertz CT molecular complexity index is 652. The first-order chi connectivity index (χ1) is 9.40. The summed E-state index contributed by atoms with van der Waals surface area (Å²) in [5.41, 5.74) is 6.09. The van der Waals surface area contributed by atoms with Gasteiger partial charge in [0.25, 0.3) is 0 Å². The standard InChI is InChI=1S/C13H12ClFN2O3/c1-6-4-9(12(16)17-5-6)20-13(19)10-8(18)3-2-7(15)11(10)14/h2-5,13,18-19H,1H3,(H2,16,17). The van der Waals surface area contributed by atoms with Gasteiger partial charge in [-0.2, -0.15) is 0 Å². The lowest BCUT2D eigenvalue weighted by Crippen LogP contribution is -2.10. The minimum absolute atomic E-state index is 0.0571. The molecule has 1 unspecified atom stereocenters. The minimum atomic E-state index is -1.68. The van der Waals surface area contributed by atoms with Crippen molar-refractivity contribution in [1.29, 1.82) is 0 Å². The van der Waals surface area contributed by atoms with Crippen molar-refractivity contribution in [2.75, 3.05) is 5.73 Å². The van der Waals surface area contributed by atoms with Crippen LogP contribution >= 0.6 is 11.6 Å². The Kier molecular flexibility index (Phi) is 3.96. The monoisotopic (exact) mass is 298 g/mol. The van der Waals surface area contributed by atoms with Gasteiger partial charge in [0.2, 0.25) is 6.29 Å². The topological polar surface area (TPSA) is 88.6 Å². The van der Waals surface area contributed by atoms with Crippen LogP contribution < -0.4 is 10.5 Å². The zero-order valence-corrected chi connectivity index (χ0v) is 11.2. The molecule has 0 aliphatic heterocycles. The van der Waals surface area contributed by atoms with Crippen molar-refractivity contribution in [3.8, 4) is 11.5 Å². The number of nitrogen functional groups attached to an aromatic ring is 1. The van der Waals surface area contributed by atoms with Gasteiger partial charge in [-0.15, -0.1) is 0 Å². The zero-order valence-electron chi connectivity index (χ0n) is 10.5. The summed E-state index contributed by atoms with van der Waals surface area (Å²) < 4.78 is 18.5. The number of benzene rings is 1. The molecule has 20 heavy (non-hydrogen) atoms. The van der Waals surface area contributed by atoms with Gasteiger partial charge in [-0.25, -0.2) is 9.37 Å². The number of hydrogen-bond donors (Lipinski definition) is 3. The van der Waals surface area contributed by atoms with Gasteiger partial charge in [0.05, 0.1) is 10.6 Å². The third-order valence-electron chi connectivity index (χ3n) is 2.61. The van der Waals surface area contributed by atoms with E-state index in [9.17, 15) is 14.6 Å². The van der Waals surface area contributed by atoms with E-state index in [1.54, 1.807) is 13.0 Å². The first-order valence-corrected chi connectivity index (χ1v) is 6.01. The van der Waals surface area contributed by atoms with Crippen LogP contribution in [0.1, 0.15) is 17.4 Å². The van der Waals surface area contributed by atoms with Gasteiger partial charge in [-0.3, -0.25) is 0 Å². The maximum Gasteiger partial charge on any atom is 0.229 e. The number of aryl methyl sites for hydroxylation is 1. The number of aliphatic hydroxyl groups is 1. The SMILES string of the molecule is Cc1cnc(N)c(OC(O)c2c(O)ccc(F)c2Cl)c1. The predicted octanol–water partition coefficient (Wildman–Crippen LogP) is 2.54. The molecule has 1 aromatic heterocycles. The predicted molar refractivity (Wildman–Crippen MR) is 72.0 cm³/mol. The van der Waals surface area contributed by atoms with Crippen molar-refractivity contribution < 1.29 is 19.3 Å². The van der Waals surface area contributed by atoms with Crippen LogP contribution in [0.2, 0.25) is 5.02 Å². The Labute approximate surface area is 119 Å². The molecule has 7 heteroatoms. The van der Waals surface area contributed by atoms with Gasteiger partial charge in [0.1, 0.15) is 11.6 Å². The molecule has 0 saturated heterocycles. The maximum absolute atomic E-state index is 13.4. The summed E-state index contributed by atoms with van der Waals surface area (Å²) in [4.78, 5) is 3.86. The normalized spacial score (nSPS) is 12.2. The zero-order chi connectivity index (χ0) is 14.9. The van der Waals surface area contributed by atoms with E-state index in [0.29, 0.717) is 0 Å². The molecule has 4 N–H and O–H groups in total. The molecule has 2 rings (SSSR count). The molecule has 0 spiro atoms. The Hall–Kier alpha value is -2.05. The van der Waals surface area contributed by atoms with E-state index in [-0.39, 0.29) is 22.9 Å². The van der Waals surface area contributed by atoms with Gasteiger partial charge in [0.15, 0.2) is 11.6 Å². The summed E-state index contributed by atoms with van der Waals surface area (Å²) in [6.07, 6.45) is -0.148. The summed E-state index contributed by atoms with van der Waals surface area (Å²) in [6, 6.07) is 3.60. The van der Waals surface area contributed by atoms with Crippen molar-refractivity contribution in [1.82, 2.24) is 4.98 Å². The quantitative estimate of drug-likeness (QED) is 0.758. The number of halogens is 2. The van der Waals surface area contributed by atoms with E-state index < -0.39 is 17.1 Å². The average molecular weight is 299 g/mol. The van der Waals surface area contributed by atoms with Gasteiger partial charge >= 0.3 is 0 Å². The number of pyridine rings is 1. The summed E-state index contributed by atoms with van der Waals surface area (Å²) in [5.74, 6) is -1.00. The Morgan fingerprint density at radius 1 is 1.45 bits per heavy atom. The smallest absolute Gasteiger partial charge is 0.229 e. The van der Waals surface area contributed by atoms with Crippen molar-refractivity contribution in [3.05, 3.63) is 46.4 Å². The van der Waals surface area contributed by atoms with E-state index in [0.717, 1.165) is 17.7 Å². The fourth-order valence-corrected chi connectivity index (χ4v) is 1.87. The van der Waals surface area contributed by atoms with Gasteiger partial charge < -0.3 is 20.7 Å². The van der Waals surface area contributed by atoms with Crippen molar-refractivity contribution in [2.24, 2.45) is 0 Å². The lowest BCUT2D eigenvalue weighted by molar-refractivity contribution is -0.0207. The first kappa shape index (κ1) is 14.4. The van der Waals surface area contributed by atoms with Crippen LogP contribution in [0.3, 0.4) is 0 Å². The molecule has 5 nitrogen and oxygen atoms in total. The molecule has 106 valence electrons. The molecule has 0 aliphatic rings. The molecule has 2 aromatic rings. The molecule has 0 amide bonds. The molecule has 0 fully saturated rings. The number of ether oxygens (including phenoxy) is 1. The Morgan fingerprint density at radius 3 is 2.85 bits per heavy atom. The number of hydrogen-bond acceptors (Lipinski definition) is 5. The van der Waals surface area contributed by atoms with E-state index in [2.05, 4.69) is 4.98 Å². The first-order valence-electron chi connectivity index (χ1n) is 5.64. The summed E-state index contributed by atoms with van der Waals surface area (Å²) in [6.45, 7) is 1.76. The number of anilines is 1. The highest BCUT2D eigenvalue weighted by Gasteiger charge is 2.21. The third-order valence-corrected chi connectivity index (χ3v) is 3.00. The number of nitrogens with two attached hydrogens (primary N) is 1. The van der Waals surface area contributed by atoms with Crippen LogP contribution in [0.15, 0.2) is 24.4 Å². The highest BCUT2D eigenvalue weighted by Crippen LogP contribution is 2.35. The Balaban J connectivity index is 2.35. The number of phenolic OH excluding ortho intramolecular Hbond substituents is 1. The van der Waals surface area contributed by atoms with E-state index in [4.69, 9.17) is 22.1 Å². The molecule has 0 saturated carbocycles. The number of aromatic nitrogens is 1. The second kappa shape index (κ2) is 5.52. The van der Waals surface area contributed by atoms with Gasteiger partial charge in [0, 0.05) is 6.20 Å². The number of rotatable bonds is 3. The minimum Gasteiger partial charge on any atom is -0.507 e. The second-order valence-corrected chi connectivity index (χ2v) is 4.54. The molecular formula is C13H12ClFN2O3. The highest BCUT2D eigenvalue weighted by atomic mass is 35.5. The highest BCUT2D eigenvalue weighted by molar-refractivity contribution is 6.31. The summed E-state index contributed by atoms with van der Waals surface area (Å²) >= 11 is 5.71. The molecular weight excluding hydrogens is 287 g/mol. The average Bonchev–Trinajstić information content (AvgIpc) is 2.39. The van der Waals surface area contributed by atoms with Crippen LogP contribution in [0, 0.1) is 12.7 Å². The molecule has 1 aromatic carbocycles. The van der Waals surface area contributed by atoms with E-state index in [1.807, 2.05) is 0 Å². The largest absolute Gasteiger partial charge is 0.507 e. The number of phenols is 1. The van der Waals surface area contributed by atoms with Crippen molar-refractivity contribution in [2.45, 2.75) is 13.2 Å². The van der Waals surface area contributed by atoms with Crippen LogP contribution in [-0.2, 0) is 0 Å². The van der Waals surface area contributed by atoms with Crippen LogP contribution in [0.5, 0.6) is 11.5 Å². The second-order valence-electron chi connectivity index (χ2n) is 4.16. The van der Waals surface area contributed by atoms with Crippen LogP contribution in [0.25, 0.3) is 0 Å². The van der Waals surface area contributed by atoms with Gasteiger partial charge in [-0.05, 0) is 30.7 Å². The molecule has 1 heterocycles. The summed E-state index contributed by atoms with van der Waals surface area (Å²) in [7, 11) is 0. The maximum atomic E-state index is 13.4. The Morgan fingerprint density at radius 2 is 2.15 bits per heavy atom. The lowest BCUT2D eigenvalue weighted by Gasteiger charge is -2.17. The number of aliphatic hydroxyl groups excluding tert-OH is 1. The fourth-order valence-electron chi connectivity index (χ4n) is 1.62. The molecule has 1 atom stereocenters. The van der Waals surface area contributed by atoms with Crippen molar-refractivity contribution >= 4 is 17.4 Å². The number of nitrogens with zero attached hydrogens (tertiary/aromatic N) is 1. The molecule has 0 radical (unpaired) electrons. The van der Waals surface area contributed by atoms with E-state index >= 15 is 0 Å². The molecule has 0 aliphatic carbocycles. The molecule has 0 bridgehead atoms. The third kappa shape index (κ3) is 2.76. The number of aromatic hydroxyl groups is 1. The fraction of sp³-hybridized carbons (Fsp3) is 0.154.